The molecule has 2 aliphatic rings. The van der Waals surface area contributed by atoms with Crippen LogP contribution in [0.25, 0.3) is 27.1 Å². The third kappa shape index (κ3) is 5.82. The second kappa shape index (κ2) is 11.7. The van der Waals surface area contributed by atoms with Crippen LogP contribution in [0.5, 0.6) is 0 Å². The number of rotatable bonds is 5. The Bertz CT molecular complexity index is 1560. The summed E-state index contributed by atoms with van der Waals surface area (Å²) in [5, 5.41) is 2.39. The minimum atomic E-state index is -1.17. The molecule has 1 amide bonds. The molecule has 1 unspecified atom stereocenters. The number of nitrogens with zero attached hydrogens (tertiary/aromatic N) is 1. The van der Waals surface area contributed by atoms with Crippen LogP contribution in [0.15, 0.2) is 17.1 Å². The van der Waals surface area contributed by atoms with E-state index in [0.717, 1.165) is 16.9 Å². The topological polar surface area (TPSA) is 110 Å². The Morgan fingerprint density at radius 3 is 2.52 bits per heavy atom. The van der Waals surface area contributed by atoms with Crippen molar-refractivity contribution in [2.75, 3.05) is 6.61 Å². The van der Waals surface area contributed by atoms with E-state index >= 15 is 8.78 Å². The Labute approximate surface area is 270 Å². The standard InChI is InChI=1S/C28H31F2N3O5S.Ac/c1-5-37-26(35)15-12-33(13-9-10-13)24-20(25(15)34)23(31)21(29)19(22(24)30)18-11-14-16(7-6-8-17(14)39-18)32-27(36)38-28(2,3)4;/h11-13,16H,5-10H2,1-4H3,(H3,31,32,34,36);/p-1. The summed E-state index contributed by atoms with van der Waals surface area (Å²) in [5.74, 6) is -3.01. The van der Waals surface area contributed by atoms with Crippen molar-refractivity contribution >= 4 is 40.0 Å². The number of halogens is 2. The molecule has 0 bridgehead atoms. The van der Waals surface area contributed by atoms with Crippen molar-refractivity contribution < 1.29 is 71.9 Å². The van der Waals surface area contributed by atoms with E-state index in [4.69, 9.17) is 15.2 Å². The van der Waals surface area contributed by atoms with Gasteiger partial charge in [-0.3, -0.25) is 4.79 Å². The number of hydrogen-bond donors (Lipinski definition) is 1. The molecular weight excluding hydrogens is 755 g/mol. The SMILES string of the molecule is CCOC(=O)c1cn(C2CC2)c2c(F)c(-c3cc4c(s3)CCCC4NC(=O)OC(C)(C)C)c(F)c([NH-])c2c1=O.[Ac]. The Hall–Kier alpha value is -2.03. The molecule has 5 rings (SSSR count). The smallest absolute Gasteiger partial charge is 0.408 e. The van der Waals surface area contributed by atoms with Gasteiger partial charge in [-0.2, -0.15) is 0 Å². The van der Waals surface area contributed by atoms with Gasteiger partial charge in [0, 0.05) is 71.4 Å². The summed E-state index contributed by atoms with van der Waals surface area (Å²) in [4.78, 5) is 39.2. The van der Waals surface area contributed by atoms with Gasteiger partial charge in [0.25, 0.3) is 0 Å². The van der Waals surface area contributed by atoms with Crippen LogP contribution in [0, 0.1) is 55.7 Å². The average molecular weight is 786 g/mol. The molecule has 40 heavy (non-hydrogen) atoms. The Morgan fingerprint density at radius 1 is 1.20 bits per heavy atom. The molecule has 3 aromatic rings. The van der Waals surface area contributed by atoms with Gasteiger partial charge in [0.05, 0.1) is 23.7 Å². The molecule has 12 heteroatoms. The molecule has 2 N–H and O–H groups in total. The number of benzene rings is 1. The largest absolute Gasteiger partial charge is 0.696 e. The summed E-state index contributed by atoms with van der Waals surface area (Å²) in [6.45, 7) is 6.92. The Kier molecular flexibility index (Phi) is 9.04. The van der Waals surface area contributed by atoms with Crippen molar-refractivity contribution in [1.29, 1.82) is 0 Å². The number of aryl methyl sites for hydroxylation is 1. The number of fused-ring (bicyclic) bond motifs is 2. The van der Waals surface area contributed by atoms with Crippen LogP contribution in [-0.2, 0) is 15.9 Å². The first-order valence-electron chi connectivity index (χ1n) is 13.0. The van der Waals surface area contributed by atoms with Gasteiger partial charge in [-0.05, 0) is 71.4 Å². The van der Waals surface area contributed by atoms with Crippen LogP contribution in [0.1, 0.15) is 86.3 Å². The van der Waals surface area contributed by atoms with Crippen molar-refractivity contribution in [2.24, 2.45) is 0 Å². The van der Waals surface area contributed by atoms with Gasteiger partial charge in [0.15, 0.2) is 5.82 Å². The number of carbonyl (C=O) groups excluding carboxylic acids is 2. The third-order valence-electron chi connectivity index (χ3n) is 6.84. The molecule has 2 heterocycles. The summed E-state index contributed by atoms with van der Waals surface area (Å²) >= 11 is 1.21. The molecule has 0 spiro atoms. The molecule has 211 valence electrons. The zero-order chi connectivity index (χ0) is 28.2. The fourth-order valence-corrected chi connectivity index (χ4v) is 6.33. The van der Waals surface area contributed by atoms with Crippen molar-refractivity contribution in [1.82, 2.24) is 9.88 Å². The van der Waals surface area contributed by atoms with E-state index in [1.165, 1.54) is 22.1 Å². The molecule has 0 aliphatic heterocycles. The molecular formula is C28H30AcF2N3O5S-. The molecule has 1 aromatic carbocycles. The van der Waals surface area contributed by atoms with Crippen molar-refractivity contribution in [3.8, 4) is 10.4 Å². The summed E-state index contributed by atoms with van der Waals surface area (Å²) in [6.07, 6.45) is 4.20. The van der Waals surface area contributed by atoms with Gasteiger partial charge < -0.3 is 25.1 Å². The van der Waals surface area contributed by atoms with E-state index in [0.29, 0.717) is 25.7 Å². The van der Waals surface area contributed by atoms with E-state index in [2.05, 4.69) is 5.32 Å². The second-order valence-electron chi connectivity index (χ2n) is 10.9. The van der Waals surface area contributed by atoms with Crippen LogP contribution >= 0.6 is 11.3 Å². The van der Waals surface area contributed by atoms with E-state index in [1.54, 1.807) is 33.8 Å². The number of alkyl carbamates (subject to hydrolysis) is 1. The van der Waals surface area contributed by atoms with E-state index in [1.807, 2.05) is 0 Å². The zero-order valence-electron chi connectivity index (χ0n) is 22.8. The first-order chi connectivity index (χ1) is 18.4. The molecule has 2 aliphatic carbocycles. The third-order valence-corrected chi connectivity index (χ3v) is 8.07. The minimum absolute atomic E-state index is 0. The number of thiophene rings is 1. The molecule has 1 radical (unpaired) electrons. The fourth-order valence-electron chi connectivity index (χ4n) is 5.03. The van der Waals surface area contributed by atoms with Crippen molar-refractivity contribution in [3.05, 3.63) is 55.9 Å². The summed E-state index contributed by atoms with van der Waals surface area (Å²) in [7, 11) is 0. The van der Waals surface area contributed by atoms with Gasteiger partial charge >= 0.3 is 12.1 Å². The van der Waals surface area contributed by atoms with Crippen LogP contribution in [0.4, 0.5) is 19.3 Å². The molecule has 0 saturated heterocycles. The molecule has 1 atom stereocenters. The second-order valence-corrected chi connectivity index (χ2v) is 12.0. The maximum atomic E-state index is 16.3. The number of carbonyl (C=O) groups is 2. The number of esters is 1. The van der Waals surface area contributed by atoms with Crippen LogP contribution < -0.4 is 10.7 Å². The molecule has 2 aromatic heterocycles. The van der Waals surface area contributed by atoms with E-state index in [-0.39, 0.29) is 84.3 Å². The summed E-state index contributed by atoms with van der Waals surface area (Å²) in [5.41, 5.74) is 5.99. The number of nitrogens with one attached hydrogen (secondary N) is 2. The average Bonchev–Trinajstić information content (AvgIpc) is 3.60. The van der Waals surface area contributed by atoms with Crippen molar-refractivity contribution in [3.63, 3.8) is 0 Å². The minimum Gasteiger partial charge on any atom is -0.696 e. The summed E-state index contributed by atoms with van der Waals surface area (Å²) < 4.78 is 43.9. The maximum absolute atomic E-state index is 16.3. The van der Waals surface area contributed by atoms with E-state index < -0.39 is 45.8 Å². The maximum Gasteiger partial charge on any atom is 0.408 e. The van der Waals surface area contributed by atoms with E-state index in [9.17, 15) is 14.4 Å². The Balaban J connectivity index is 0.00000370. The number of hydrogen-bond acceptors (Lipinski definition) is 6. The quantitative estimate of drug-likeness (QED) is 0.278. The van der Waals surface area contributed by atoms with Crippen molar-refractivity contribution in [2.45, 2.75) is 77.5 Å². The molecule has 1 fully saturated rings. The first kappa shape index (κ1) is 30.9. The molecule has 1 saturated carbocycles. The van der Waals surface area contributed by atoms with Gasteiger partial charge in [-0.15, -0.1) is 11.3 Å². The predicted octanol–water partition coefficient (Wildman–Crippen LogP) is 7.11. The first-order valence-corrected chi connectivity index (χ1v) is 13.8. The summed E-state index contributed by atoms with van der Waals surface area (Å²) in [6, 6.07) is 1.10. The number of pyridine rings is 1. The fraction of sp³-hybridized carbons (Fsp3) is 0.464. The van der Waals surface area contributed by atoms with Gasteiger partial charge in [0.1, 0.15) is 17.0 Å². The number of aromatic nitrogens is 1. The van der Waals surface area contributed by atoms with Crippen LogP contribution in [0.2, 0.25) is 0 Å². The number of ether oxygens (including phenoxy) is 2. The molecule has 8 nitrogen and oxygen atoms in total. The number of amides is 1. The van der Waals surface area contributed by atoms with Gasteiger partial charge in [-0.1, -0.05) is 5.69 Å². The van der Waals surface area contributed by atoms with Gasteiger partial charge in [0.2, 0.25) is 5.43 Å². The monoisotopic (exact) mass is 785 g/mol. The van der Waals surface area contributed by atoms with Gasteiger partial charge in [-0.25, -0.2) is 18.4 Å². The predicted molar refractivity (Wildman–Crippen MR) is 145 cm³/mol. The Morgan fingerprint density at radius 2 is 1.90 bits per heavy atom. The zero-order valence-corrected chi connectivity index (χ0v) is 28.3. The van der Waals surface area contributed by atoms with Crippen LogP contribution in [-0.4, -0.2) is 28.8 Å². The van der Waals surface area contributed by atoms with Crippen LogP contribution in [0.3, 0.4) is 0 Å². The normalized spacial score (nSPS) is 16.7.